The van der Waals surface area contributed by atoms with Crippen molar-refractivity contribution >= 4 is 16.1 Å². The molecule has 0 radical (unpaired) electrons. The maximum Gasteiger partial charge on any atom is 0.534 e. The van der Waals surface area contributed by atoms with Crippen LogP contribution in [0.4, 0.5) is 13.2 Å². The highest BCUT2D eigenvalue weighted by Crippen LogP contribution is 2.28. The summed E-state index contributed by atoms with van der Waals surface area (Å²) in [5, 5.41) is 0. The van der Waals surface area contributed by atoms with Crippen molar-refractivity contribution in [2.24, 2.45) is 0 Å². The van der Waals surface area contributed by atoms with E-state index < -0.39 is 27.4 Å². The summed E-state index contributed by atoms with van der Waals surface area (Å²) in [5.74, 6) is -1.61. The normalized spacial score (nSPS) is 13.1. The summed E-state index contributed by atoms with van der Waals surface area (Å²) in [6.45, 7) is 9.11. The third kappa shape index (κ3) is 11.0. The number of hydrogen-bond acceptors (Lipinski definition) is 5. The lowest BCUT2D eigenvalue weighted by atomic mass is 10.0. The predicted octanol–water partition coefficient (Wildman–Crippen LogP) is 5.33. The van der Waals surface area contributed by atoms with Crippen LogP contribution in [0.2, 0.25) is 0 Å². The number of rotatable bonds is 12. The van der Waals surface area contributed by atoms with Crippen molar-refractivity contribution in [1.29, 1.82) is 0 Å². The average molecular weight is 424 g/mol. The molecule has 0 aliphatic rings. The Morgan fingerprint density at radius 2 is 1.71 bits per heavy atom. The molecule has 0 aliphatic heterocycles. The molecule has 0 heterocycles. The molecule has 9 heteroatoms. The maximum atomic E-state index is 12.5. The van der Waals surface area contributed by atoms with E-state index in [-0.39, 0.29) is 19.4 Å². The highest BCUT2D eigenvalue weighted by molar-refractivity contribution is 7.87. The quantitative estimate of drug-likeness (QED) is 0.106. The Balaban J connectivity index is 5.29. The lowest BCUT2D eigenvalue weighted by Gasteiger charge is -2.12. The summed E-state index contributed by atoms with van der Waals surface area (Å²) in [7, 11) is -5.86. The van der Waals surface area contributed by atoms with Crippen molar-refractivity contribution in [2.75, 3.05) is 6.61 Å². The number of carbonyl (C=O) groups is 1. The van der Waals surface area contributed by atoms with Crippen molar-refractivity contribution in [3.8, 4) is 0 Å². The van der Waals surface area contributed by atoms with Crippen LogP contribution in [0, 0.1) is 0 Å². The highest BCUT2D eigenvalue weighted by Gasteiger charge is 2.48. The second-order valence-electron chi connectivity index (χ2n) is 6.06. The highest BCUT2D eigenvalue weighted by atomic mass is 32.2. The Kier molecular flexibility index (Phi) is 11.5. The monoisotopic (exact) mass is 424 g/mol. The van der Waals surface area contributed by atoms with Crippen LogP contribution in [-0.4, -0.2) is 26.5 Å². The number of alkyl halides is 3. The summed E-state index contributed by atoms with van der Waals surface area (Å²) < 4.78 is 68.8. The number of ether oxygens (including phenoxy) is 1. The molecule has 0 N–H and O–H groups in total. The van der Waals surface area contributed by atoms with Crippen molar-refractivity contribution in [1.82, 2.24) is 0 Å². The smallest absolute Gasteiger partial charge is 0.463 e. The number of halogens is 3. The van der Waals surface area contributed by atoms with Crippen LogP contribution in [0.3, 0.4) is 0 Å². The molecular weight excluding hydrogens is 397 g/mol. The standard InChI is InChI=1S/C19H27F3O5S/c1-5-9-16(11-7-10-15(3)4)12-8-13-17(14-18(23)26-6-2)27-28(24,25)19(20,21)22/h5,10,12,14H,1,6-9,11,13H2,2-4H3/b16-12+,17-14-. The minimum absolute atomic E-state index is 0.0115. The molecule has 0 bridgehead atoms. The molecule has 0 fully saturated rings. The van der Waals surface area contributed by atoms with Crippen LogP contribution >= 0.6 is 0 Å². The molecule has 0 unspecified atom stereocenters. The molecule has 0 aromatic rings. The van der Waals surface area contributed by atoms with Gasteiger partial charge >= 0.3 is 21.6 Å². The molecule has 160 valence electrons. The van der Waals surface area contributed by atoms with Gasteiger partial charge in [-0.3, -0.25) is 0 Å². The fourth-order valence-electron chi connectivity index (χ4n) is 2.08. The van der Waals surface area contributed by atoms with Gasteiger partial charge in [-0.1, -0.05) is 29.4 Å². The van der Waals surface area contributed by atoms with Gasteiger partial charge in [-0.15, -0.1) is 6.58 Å². The lowest BCUT2D eigenvalue weighted by Crippen LogP contribution is -2.25. The van der Waals surface area contributed by atoms with Gasteiger partial charge in [0.1, 0.15) is 5.76 Å². The van der Waals surface area contributed by atoms with E-state index in [0.717, 1.165) is 18.4 Å². The summed E-state index contributed by atoms with van der Waals surface area (Å²) in [4.78, 5) is 11.5. The molecule has 5 nitrogen and oxygen atoms in total. The van der Waals surface area contributed by atoms with E-state index in [0.29, 0.717) is 12.5 Å². The van der Waals surface area contributed by atoms with Crippen LogP contribution in [0.1, 0.15) is 52.9 Å². The molecule has 0 rings (SSSR count). The van der Waals surface area contributed by atoms with Crippen LogP contribution in [0.25, 0.3) is 0 Å². The molecule has 0 spiro atoms. The average Bonchev–Trinajstić information content (AvgIpc) is 2.53. The molecule has 0 amide bonds. The molecule has 0 aromatic heterocycles. The van der Waals surface area contributed by atoms with Crippen LogP contribution in [-0.2, 0) is 23.8 Å². The Hall–Kier alpha value is -2.03. The van der Waals surface area contributed by atoms with Crippen LogP contribution < -0.4 is 0 Å². The van der Waals surface area contributed by atoms with Gasteiger partial charge in [0.2, 0.25) is 0 Å². The summed E-state index contributed by atoms with van der Waals surface area (Å²) >= 11 is 0. The van der Waals surface area contributed by atoms with E-state index in [2.05, 4.69) is 21.6 Å². The minimum Gasteiger partial charge on any atom is -0.463 e. The van der Waals surface area contributed by atoms with Gasteiger partial charge in [0.25, 0.3) is 0 Å². The zero-order valence-electron chi connectivity index (χ0n) is 16.3. The SMILES string of the molecule is C=CC/C(=C\CC/C(=C/C(=O)OCC)OS(=O)(=O)C(F)(F)F)CCC=C(C)C. The molecular formula is C19H27F3O5S. The van der Waals surface area contributed by atoms with Crippen molar-refractivity contribution in [3.05, 3.63) is 47.8 Å². The first-order chi connectivity index (χ1) is 12.9. The summed E-state index contributed by atoms with van der Waals surface area (Å²) in [5.41, 5.74) is -3.42. The second kappa shape index (κ2) is 12.4. The van der Waals surface area contributed by atoms with E-state index in [1.165, 1.54) is 12.5 Å². The number of esters is 1. The number of carbonyl (C=O) groups excluding carboxylic acids is 1. The van der Waals surface area contributed by atoms with Gasteiger partial charge in [0.05, 0.1) is 12.7 Å². The largest absolute Gasteiger partial charge is 0.534 e. The molecule has 0 aliphatic carbocycles. The predicted molar refractivity (Wildman–Crippen MR) is 102 cm³/mol. The Morgan fingerprint density at radius 1 is 1.11 bits per heavy atom. The number of hydrogen-bond donors (Lipinski definition) is 0. The van der Waals surface area contributed by atoms with Gasteiger partial charge in [-0.25, -0.2) is 4.79 Å². The van der Waals surface area contributed by atoms with Gasteiger partial charge < -0.3 is 8.92 Å². The second-order valence-corrected chi connectivity index (χ2v) is 7.60. The van der Waals surface area contributed by atoms with E-state index in [1.54, 1.807) is 12.2 Å². The first-order valence-electron chi connectivity index (χ1n) is 8.73. The zero-order chi connectivity index (χ0) is 21.8. The number of allylic oxidation sites excluding steroid dienone is 6. The lowest BCUT2D eigenvalue weighted by molar-refractivity contribution is -0.137. The first kappa shape index (κ1) is 26.0. The van der Waals surface area contributed by atoms with Gasteiger partial charge in [-0.05, 0) is 46.5 Å². The summed E-state index contributed by atoms with van der Waals surface area (Å²) in [6.07, 6.45) is 8.27. The molecule has 0 saturated heterocycles. The van der Waals surface area contributed by atoms with E-state index in [1.807, 2.05) is 13.8 Å². The third-order valence-electron chi connectivity index (χ3n) is 3.31. The Morgan fingerprint density at radius 3 is 2.21 bits per heavy atom. The molecule has 0 saturated carbocycles. The maximum absolute atomic E-state index is 12.5. The van der Waals surface area contributed by atoms with Crippen molar-refractivity contribution < 1.29 is 35.3 Å². The van der Waals surface area contributed by atoms with Crippen molar-refractivity contribution in [3.63, 3.8) is 0 Å². The topological polar surface area (TPSA) is 69.7 Å². The minimum atomic E-state index is -5.86. The van der Waals surface area contributed by atoms with E-state index in [9.17, 15) is 26.4 Å². The Bertz CT molecular complexity index is 712. The van der Waals surface area contributed by atoms with Crippen LogP contribution in [0.5, 0.6) is 0 Å². The zero-order valence-corrected chi connectivity index (χ0v) is 17.2. The Labute approximate surface area is 164 Å². The van der Waals surface area contributed by atoms with E-state index >= 15 is 0 Å². The van der Waals surface area contributed by atoms with Crippen molar-refractivity contribution in [2.45, 2.75) is 58.4 Å². The fraction of sp³-hybridized carbons (Fsp3) is 0.526. The molecule has 0 aromatic carbocycles. The third-order valence-corrected chi connectivity index (χ3v) is 4.31. The van der Waals surface area contributed by atoms with E-state index in [4.69, 9.17) is 0 Å². The van der Waals surface area contributed by atoms with Crippen LogP contribution in [0.15, 0.2) is 47.8 Å². The van der Waals surface area contributed by atoms with Gasteiger partial charge in [0.15, 0.2) is 0 Å². The molecule has 0 atom stereocenters. The summed E-state index contributed by atoms with van der Waals surface area (Å²) in [6, 6.07) is 0. The molecule has 28 heavy (non-hydrogen) atoms. The van der Waals surface area contributed by atoms with Gasteiger partial charge in [-0.2, -0.15) is 21.6 Å². The first-order valence-corrected chi connectivity index (χ1v) is 10.1. The van der Waals surface area contributed by atoms with Gasteiger partial charge in [0, 0.05) is 6.42 Å². The fourth-order valence-corrected chi connectivity index (χ4v) is 2.59.